The Hall–Kier alpha value is -1.95. The van der Waals surface area contributed by atoms with E-state index in [-0.39, 0.29) is 5.96 Å². The summed E-state index contributed by atoms with van der Waals surface area (Å²) in [5.74, 6) is 0.909. The molecule has 1 rings (SSSR count). The van der Waals surface area contributed by atoms with E-state index in [1.54, 1.807) is 12.1 Å². The molecule has 0 radical (unpaired) electrons. The van der Waals surface area contributed by atoms with Crippen molar-refractivity contribution >= 4 is 23.8 Å². The lowest BCUT2D eigenvalue weighted by Crippen LogP contribution is -2.21. The molecule has 0 saturated carbocycles. The van der Waals surface area contributed by atoms with Crippen LogP contribution in [-0.2, 0) is 0 Å². The lowest BCUT2D eigenvalue weighted by Gasteiger charge is -2.11. The maximum Gasteiger partial charge on any atom is 0.211 e. The van der Waals surface area contributed by atoms with Gasteiger partial charge in [0.25, 0.3) is 0 Å². The fraction of sp³-hybridized carbons (Fsp3) is 0.273. The Morgan fingerprint density at radius 2 is 2.17 bits per heavy atom. The van der Waals surface area contributed by atoms with E-state index in [2.05, 4.69) is 10.2 Å². The van der Waals surface area contributed by atoms with Gasteiger partial charge in [-0.05, 0) is 19.1 Å². The number of benzene rings is 1. The monoisotopic (exact) mass is 270 g/mol. The van der Waals surface area contributed by atoms with Crippen molar-refractivity contribution in [2.24, 2.45) is 21.7 Å². The molecule has 0 spiro atoms. The molecule has 0 aliphatic heterocycles. The standard InChI is InChI=1S/C11H15ClN4O2/c1-3-18-9-5-7(6-15-16-11(13)14)4-8(12)10(9)17-2/h4-6H,3H2,1-2H3,(H4,13,14,16)/b15-6-. The first kappa shape index (κ1) is 14.1. The lowest BCUT2D eigenvalue weighted by molar-refractivity contribution is 0.311. The fourth-order valence-electron chi connectivity index (χ4n) is 1.29. The van der Waals surface area contributed by atoms with Crippen LogP contribution in [0.5, 0.6) is 11.5 Å². The highest BCUT2D eigenvalue weighted by molar-refractivity contribution is 6.32. The topological polar surface area (TPSA) is 95.2 Å². The van der Waals surface area contributed by atoms with Crippen LogP contribution in [0.1, 0.15) is 12.5 Å². The van der Waals surface area contributed by atoms with Crippen LogP contribution in [0.25, 0.3) is 0 Å². The molecule has 1 aromatic rings. The number of ether oxygens (including phenoxy) is 2. The molecule has 98 valence electrons. The highest BCUT2D eigenvalue weighted by Gasteiger charge is 2.10. The van der Waals surface area contributed by atoms with Crippen LogP contribution in [0.3, 0.4) is 0 Å². The quantitative estimate of drug-likeness (QED) is 0.480. The molecule has 0 fully saturated rings. The van der Waals surface area contributed by atoms with Crippen LogP contribution in [0, 0.1) is 0 Å². The van der Waals surface area contributed by atoms with Gasteiger partial charge in [0.05, 0.1) is 25.0 Å². The number of rotatable bonds is 5. The third-order valence-electron chi connectivity index (χ3n) is 1.92. The van der Waals surface area contributed by atoms with Gasteiger partial charge in [0.15, 0.2) is 11.5 Å². The number of halogens is 1. The predicted octanol–water partition coefficient (Wildman–Crippen LogP) is 1.35. The summed E-state index contributed by atoms with van der Waals surface area (Å²) >= 11 is 6.06. The van der Waals surface area contributed by atoms with Gasteiger partial charge in [-0.15, -0.1) is 5.10 Å². The molecule has 7 heteroatoms. The molecular formula is C11H15ClN4O2. The zero-order valence-electron chi connectivity index (χ0n) is 10.2. The molecule has 0 aliphatic carbocycles. The van der Waals surface area contributed by atoms with Gasteiger partial charge in [-0.1, -0.05) is 11.6 Å². The Bertz CT molecular complexity index is 470. The predicted molar refractivity (Wildman–Crippen MR) is 72.6 cm³/mol. The molecule has 1 aromatic carbocycles. The van der Waals surface area contributed by atoms with Crippen molar-refractivity contribution in [3.8, 4) is 11.5 Å². The summed E-state index contributed by atoms with van der Waals surface area (Å²) in [5, 5.41) is 7.62. The summed E-state index contributed by atoms with van der Waals surface area (Å²) in [6, 6.07) is 3.41. The molecule has 18 heavy (non-hydrogen) atoms. The van der Waals surface area contributed by atoms with Crippen LogP contribution >= 0.6 is 11.6 Å². The van der Waals surface area contributed by atoms with Gasteiger partial charge in [0.2, 0.25) is 5.96 Å². The van der Waals surface area contributed by atoms with Gasteiger partial charge < -0.3 is 20.9 Å². The fourth-order valence-corrected chi connectivity index (χ4v) is 1.58. The zero-order chi connectivity index (χ0) is 13.5. The van der Waals surface area contributed by atoms with Crippen LogP contribution in [-0.4, -0.2) is 25.9 Å². The lowest BCUT2D eigenvalue weighted by atomic mass is 10.2. The van der Waals surface area contributed by atoms with Gasteiger partial charge in [0, 0.05) is 5.56 Å². The number of nitrogens with two attached hydrogens (primary N) is 2. The third-order valence-corrected chi connectivity index (χ3v) is 2.20. The Kier molecular flexibility index (Phi) is 5.26. The van der Waals surface area contributed by atoms with Gasteiger partial charge in [-0.2, -0.15) is 5.10 Å². The largest absolute Gasteiger partial charge is 0.491 e. The minimum absolute atomic E-state index is 0.115. The van der Waals surface area contributed by atoms with Crippen LogP contribution in [0.4, 0.5) is 0 Å². The number of hydrogen-bond acceptors (Lipinski definition) is 4. The summed E-state index contributed by atoms with van der Waals surface area (Å²) in [6.45, 7) is 2.37. The Morgan fingerprint density at radius 3 is 2.72 bits per heavy atom. The van der Waals surface area contributed by atoms with Crippen LogP contribution in [0.15, 0.2) is 22.3 Å². The van der Waals surface area contributed by atoms with Crippen molar-refractivity contribution in [2.45, 2.75) is 6.92 Å². The third kappa shape index (κ3) is 3.81. The summed E-state index contributed by atoms with van der Waals surface area (Å²) in [4.78, 5) is 0. The highest BCUT2D eigenvalue weighted by atomic mass is 35.5. The summed E-state index contributed by atoms with van der Waals surface area (Å²) in [6.07, 6.45) is 1.47. The maximum absolute atomic E-state index is 6.06. The van der Waals surface area contributed by atoms with E-state index >= 15 is 0 Å². The van der Waals surface area contributed by atoms with Crippen molar-refractivity contribution < 1.29 is 9.47 Å². The second-order valence-electron chi connectivity index (χ2n) is 3.24. The molecule has 0 bridgehead atoms. The van der Waals surface area contributed by atoms with Gasteiger partial charge in [0.1, 0.15) is 0 Å². The number of guanidine groups is 1. The Labute approximate surface area is 110 Å². The zero-order valence-corrected chi connectivity index (χ0v) is 10.9. The first-order valence-electron chi connectivity index (χ1n) is 5.20. The Morgan fingerprint density at radius 1 is 1.44 bits per heavy atom. The second kappa shape index (κ2) is 6.70. The number of nitrogens with zero attached hydrogens (tertiary/aromatic N) is 2. The molecular weight excluding hydrogens is 256 g/mol. The highest BCUT2D eigenvalue weighted by Crippen LogP contribution is 2.35. The van der Waals surface area contributed by atoms with Crippen LogP contribution in [0.2, 0.25) is 5.02 Å². The van der Waals surface area contributed by atoms with Gasteiger partial charge >= 0.3 is 0 Å². The average molecular weight is 271 g/mol. The second-order valence-corrected chi connectivity index (χ2v) is 3.64. The van der Waals surface area contributed by atoms with Gasteiger partial charge in [-0.3, -0.25) is 0 Å². The minimum atomic E-state index is -0.115. The van der Waals surface area contributed by atoms with E-state index in [9.17, 15) is 0 Å². The van der Waals surface area contributed by atoms with E-state index in [1.807, 2.05) is 6.92 Å². The molecule has 6 nitrogen and oxygen atoms in total. The first-order valence-corrected chi connectivity index (χ1v) is 5.58. The van der Waals surface area contributed by atoms with Crippen LogP contribution < -0.4 is 20.9 Å². The van der Waals surface area contributed by atoms with E-state index in [1.165, 1.54) is 13.3 Å². The average Bonchev–Trinajstić information content (AvgIpc) is 2.28. The summed E-state index contributed by atoms with van der Waals surface area (Å²) in [5.41, 5.74) is 11.0. The Balaban J connectivity index is 3.08. The van der Waals surface area contributed by atoms with Gasteiger partial charge in [-0.25, -0.2) is 0 Å². The van der Waals surface area contributed by atoms with E-state index in [0.29, 0.717) is 28.7 Å². The molecule has 0 unspecified atom stereocenters. The van der Waals surface area contributed by atoms with Crippen molar-refractivity contribution in [1.82, 2.24) is 0 Å². The van der Waals surface area contributed by atoms with Crippen molar-refractivity contribution in [1.29, 1.82) is 0 Å². The number of hydrogen-bond donors (Lipinski definition) is 2. The molecule has 0 atom stereocenters. The normalized spacial score (nSPS) is 10.4. The molecule has 0 aliphatic rings. The summed E-state index contributed by atoms with van der Waals surface area (Å²) in [7, 11) is 1.52. The molecule has 0 saturated heterocycles. The van der Waals surface area contributed by atoms with E-state index < -0.39 is 0 Å². The SMILES string of the molecule is CCOc1cc(/C=N\N=C(N)N)cc(Cl)c1OC. The molecule has 0 heterocycles. The first-order chi connectivity index (χ1) is 8.58. The maximum atomic E-state index is 6.06. The molecule has 0 amide bonds. The van der Waals surface area contributed by atoms with E-state index in [4.69, 9.17) is 32.5 Å². The van der Waals surface area contributed by atoms with Crippen molar-refractivity contribution in [2.75, 3.05) is 13.7 Å². The van der Waals surface area contributed by atoms with E-state index in [0.717, 1.165) is 0 Å². The van der Waals surface area contributed by atoms with Crippen molar-refractivity contribution in [3.63, 3.8) is 0 Å². The summed E-state index contributed by atoms with van der Waals surface area (Å²) < 4.78 is 10.6. The number of methoxy groups -OCH3 is 1. The molecule has 0 aromatic heterocycles. The molecule has 4 N–H and O–H groups in total. The minimum Gasteiger partial charge on any atom is -0.491 e. The smallest absolute Gasteiger partial charge is 0.211 e. The van der Waals surface area contributed by atoms with Crippen molar-refractivity contribution in [3.05, 3.63) is 22.7 Å².